The summed E-state index contributed by atoms with van der Waals surface area (Å²) in [5, 5.41) is 22.3. The first-order valence-corrected chi connectivity index (χ1v) is 22.8. The second-order valence-corrected chi connectivity index (χ2v) is 19.3. The summed E-state index contributed by atoms with van der Waals surface area (Å²) >= 11 is 0. The van der Waals surface area contributed by atoms with E-state index in [2.05, 4.69) is 21.3 Å². The quantitative estimate of drug-likeness (QED) is 0.178. The van der Waals surface area contributed by atoms with Crippen LogP contribution in [0.2, 0.25) is 0 Å². The number of fused-ring (bicyclic) bond motifs is 1. The monoisotopic (exact) mass is 915 g/mol. The lowest BCUT2D eigenvalue weighted by atomic mass is 9.89. The number of carbonyl (C=O) groups is 8. The maximum Gasteiger partial charge on any atom is 0.408 e. The number of hydrogen-bond donors (Lipinski definition) is 5. The highest BCUT2D eigenvalue weighted by molar-refractivity contribution is 6.06. The third kappa shape index (κ3) is 15.1. The Morgan fingerprint density at radius 1 is 0.938 bits per heavy atom. The Morgan fingerprint density at radius 3 is 2.12 bits per heavy atom. The van der Waals surface area contributed by atoms with Crippen LogP contribution >= 0.6 is 0 Å². The van der Waals surface area contributed by atoms with E-state index >= 15 is 0 Å². The van der Waals surface area contributed by atoms with Gasteiger partial charge in [0.25, 0.3) is 0 Å². The highest BCUT2D eigenvalue weighted by Gasteiger charge is 2.44. The van der Waals surface area contributed by atoms with Gasteiger partial charge in [0.05, 0.1) is 37.6 Å². The molecule has 0 bridgehead atoms. The van der Waals surface area contributed by atoms with Crippen molar-refractivity contribution in [3.05, 3.63) is 29.8 Å². The zero-order valence-electron chi connectivity index (χ0n) is 40.5. The highest BCUT2D eigenvalue weighted by atomic mass is 16.6. The van der Waals surface area contributed by atoms with Gasteiger partial charge in [0, 0.05) is 20.0 Å². The largest absolute Gasteiger partial charge is 0.497 e. The number of rotatable bonds is 9. The normalized spacial score (nSPS) is 27.9. The molecule has 1 unspecified atom stereocenters. The number of methoxy groups -OCH3 is 1. The smallest absolute Gasteiger partial charge is 0.408 e. The number of benzene rings is 1. The number of alkyl carbamates (subject to hydrolysis) is 1. The van der Waals surface area contributed by atoms with Crippen LogP contribution < -0.4 is 26.0 Å². The Labute approximate surface area is 384 Å². The number of ketones is 1. The fraction of sp³-hybridized carbons (Fsp3) is 0.702. The van der Waals surface area contributed by atoms with Gasteiger partial charge in [-0.3, -0.25) is 28.8 Å². The molecule has 0 radical (unpaired) electrons. The fourth-order valence-corrected chi connectivity index (χ4v) is 8.03. The number of nitrogens with zero attached hydrogens (tertiary/aromatic N) is 2. The number of amides is 6. The first-order valence-electron chi connectivity index (χ1n) is 22.8. The molecule has 2 aliphatic rings. The molecule has 5 N–H and O–H groups in total. The number of ether oxygens (including phenoxy) is 3. The molecule has 18 heteroatoms. The molecule has 2 saturated heterocycles. The van der Waals surface area contributed by atoms with Crippen molar-refractivity contribution in [3.8, 4) is 5.75 Å². The third-order valence-electron chi connectivity index (χ3n) is 12.0. The number of aliphatic hydroxyl groups excluding tert-OH is 1. The van der Waals surface area contributed by atoms with Crippen molar-refractivity contribution in [1.29, 1.82) is 0 Å². The summed E-state index contributed by atoms with van der Waals surface area (Å²) in [4.78, 5) is 115. The van der Waals surface area contributed by atoms with E-state index in [9.17, 15) is 43.5 Å². The Morgan fingerprint density at radius 2 is 1.57 bits per heavy atom. The van der Waals surface area contributed by atoms with E-state index in [-0.39, 0.29) is 31.7 Å². The SMILES string of the molecule is CC[C@H](C)[C@H]1NC(=O)[C@@H](NC(=O)OC(C)(C)C)[C@@H](C)OC(=O)[C@H](Cc2ccc(OC)cc2)N(C)C(=O)C2CCCN2C(=O)[C@H](CC(C)C)NC(=O)[C@@H](C)C(=O)[C@H](C(C)C)NC(=O)C[C@@H]1O. The van der Waals surface area contributed by atoms with Crippen LogP contribution in [0, 0.1) is 23.7 Å². The van der Waals surface area contributed by atoms with Gasteiger partial charge in [-0.1, -0.05) is 60.1 Å². The first-order chi connectivity index (χ1) is 30.3. The number of esters is 1. The summed E-state index contributed by atoms with van der Waals surface area (Å²) in [6, 6.07) is -0.484. The molecule has 10 atom stereocenters. The van der Waals surface area contributed by atoms with Crippen LogP contribution in [0.25, 0.3) is 0 Å². The number of aliphatic hydroxyl groups is 1. The van der Waals surface area contributed by atoms with Crippen molar-refractivity contribution in [3.63, 3.8) is 0 Å². The molecule has 2 fully saturated rings. The fourth-order valence-electron chi connectivity index (χ4n) is 8.03. The van der Waals surface area contributed by atoms with Crippen LogP contribution in [0.4, 0.5) is 4.79 Å². The summed E-state index contributed by atoms with van der Waals surface area (Å²) in [6.45, 7) is 18.5. The number of likely N-dealkylation sites (N-methyl/N-ethyl adjacent to an activating group) is 1. The lowest BCUT2D eigenvalue weighted by Gasteiger charge is -2.35. The summed E-state index contributed by atoms with van der Waals surface area (Å²) in [5.74, 6) is -6.76. The molecule has 2 aliphatic heterocycles. The molecule has 65 heavy (non-hydrogen) atoms. The summed E-state index contributed by atoms with van der Waals surface area (Å²) in [5.41, 5.74) is -0.365. The Balaban J connectivity index is 2.21. The molecule has 0 aliphatic carbocycles. The van der Waals surface area contributed by atoms with Crippen LogP contribution in [-0.2, 0) is 49.5 Å². The molecule has 18 nitrogen and oxygen atoms in total. The van der Waals surface area contributed by atoms with Crippen LogP contribution in [0.3, 0.4) is 0 Å². The number of cyclic esters (lactones) is 1. The molecule has 0 saturated carbocycles. The van der Waals surface area contributed by atoms with E-state index < -0.39 is 126 Å². The lowest BCUT2D eigenvalue weighted by molar-refractivity contribution is -0.162. The Bertz CT molecular complexity index is 1850. The molecule has 1 aromatic rings. The molecule has 3 rings (SSSR count). The summed E-state index contributed by atoms with van der Waals surface area (Å²) in [7, 11) is 2.93. The van der Waals surface area contributed by atoms with Gasteiger partial charge < -0.3 is 50.4 Å². The van der Waals surface area contributed by atoms with E-state index in [1.807, 2.05) is 20.8 Å². The minimum Gasteiger partial charge on any atom is -0.497 e. The maximum atomic E-state index is 14.6. The van der Waals surface area contributed by atoms with Crippen molar-refractivity contribution in [2.45, 2.75) is 169 Å². The van der Waals surface area contributed by atoms with E-state index in [0.717, 1.165) is 0 Å². The van der Waals surface area contributed by atoms with E-state index in [1.54, 1.807) is 65.8 Å². The first kappa shape index (κ1) is 54.1. The van der Waals surface area contributed by atoms with Crippen molar-refractivity contribution < 1.29 is 57.7 Å². The predicted octanol–water partition coefficient (Wildman–Crippen LogP) is 3.05. The standard InChI is InChI=1S/C47H74N6O12/c1-14-27(6)38-35(54)24-36(55)49-37(26(4)5)40(56)28(7)41(57)48-32(22-25(2)3)43(59)53-21-15-16-33(53)44(60)52(12)34(23-30-17-19-31(63-13)20-18-30)45(61)64-29(8)39(42(58)50-38)51-46(62)65-47(9,10)11/h17-20,25-29,32-35,37-39,54H,14-16,21-24H2,1-13H3,(H,48,57)(H,49,55)(H,50,58)(H,51,62)/t27-,28-,29+,32-,33?,34-,35-,37-,38+,39-/m0/s1. The van der Waals surface area contributed by atoms with Gasteiger partial charge in [0.2, 0.25) is 29.5 Å². The summed E-state index contributed by atoms with van der Waals surface area (Å²) < 4.78 is 16.8. The third-order valence-corrected chi connectivity index (χ3v) is 12.0. The number of carbonyl (C=O) groups excluding carboxylic acids is 8. The zero-order chi connectivity index (χ0) is 49.1. The van der Waals surface area contributed by atoms with Crippen molar-refractivity contribution in [2.24, 2.45) is 23.7 Å². The average molecular weight is 915 g/mol. The van der Waals surface area contributed by atoms with Crippen LogP contribution in [0.15, 0.2) is 24.3 Å². The molecule has 0 spiro atoms. The van der Waals surface area contributed by atoms with Gasteiger partial charge in [0.1, 0.15) is 41.6 Å². The Hall–Kier alpha value is -5.26. The number of hydrogen-bond acceptors (Lipinski definition) is 12. The number of nitrogens with one attached hydrogen (secondary N) is 4. The molecule has 6 amide bonds. The molecule has 2 heterocycles. The van der Waals surface area contributed by atoms with Gasteiger partial charge in [-0.05, 0) is 89.3 Å². The van der Waals surface area contributed by atoms with Crippen molar-refractivity contribution in [1.82, 2.24) is 31.1 Å². The van der Waals surface area contributed by atoms with Crippen molar-refractivity contribution in [2.75, 3.05) is 20.7 Å². The molecule has 0 aromatic heterocycles. The minimum atomic E-state index is -1.61. The zero-order valence-corrected chi connectivity index (χ0v) is 40.5. The van der Waals surface area contributed by atoms with E-state index in [0.29, 0.717) is 24.2 Å². The molecule has 1 aromatic carbocycles. The maximum absolute atomic E-state index is 14.6. The second kappa shape index (κ2) is 23.8. The van der Waals surface area contributed by atoms with Gasteiger partial charge in [0.15, 0.2) is 5.78 Å². The van der Waals surface area contributed by atoms with Crippen LogP contribution in [0.5, 0.6) is 5.75 Å². The van der Waals surface area contributed by atoms with E-state index in [1.165, 1.54) is 37.8 Å². The van der Waals surface area contributed by atoms with Gasteiger partial charge >= 0.3 is 12.1 Å². The van der Waals surface area contributed by atoms with Gasteiger partial charge in [-0.2, -0.15) is 0 Å². The highest BCUT2D eigenvalue weighted by Crippen LogP contribution is 2.25. The predicted molar refractivity (Wildman–Crippen MR) is 241 cm³/mol. The molecule has 364 valence electrons. The van der Waals surface area contributed by atoms with Gasteiger partial charge in [-0.15, -0.1) is 0 Å². The van der Waals surface area contributed by atoms with Crippen LogP contribution in [0.1, 0.15) is 114 Å². The second-order valence-electron chi connectivity index (χ2n) is 19.3. The number of Topliss-reactive ketones (excluding diaryl/α,β-unsaturated/α-hetero) is 1. The molecular formula is C47H74N6O12. The topological polar surface area (TPSA) is 239 Å². The van der Waals surface area contributed by atoms with Crippen LogP contribution in [-0.4, -0.2) is 137 Å². The average Bonchev–Trinajstić information content (AvgIpc) is 3.72. The van der Waals surface area contributed by atoms with E-state index in [4.69, 9.17) is 14.2 Å². The molecular weight excluding hydrogens is 841 g/mol. The van der Waals surface area contributed by atoms with Gasteiger partial charge in [-0.25, -0.2) is 9.59 Å². The lowest BCUT2D eigenvalue weighted by Crippen LogP contribution is -2.60. The minimum absolute atomic E-state index is 0.0610. The summed E-state index contributed by atoms with van der Waals surface area (Å²) in [6.07, 6.45) is -3.20. The Kier molecular flexibility index (Phi) is 19.8. The van der Waals surface area contributed by atoms with Crippen molar-refractivity contribution >= 4 is 47.4 Å².